The lowest BCUT2D eigenvalue weighted by Gasteiger charge is -2.07. The van der Waals surface area contributed by atoms with E-state index >= 15 is 0 Å². The van der Waals surface area contributed by atoms with Gasteiger partial charge >= 0.3 is 0 Å². The van der Waals surface area contributed by atoms with E-state index in [-0.39, 0.29) is 5.91 Å². The summed E-state index contributed by atoms with van der Waals surface area (Å²) in [6.45, 7) is 4.05. The molecule has 0 aliphatic carbocycles. The second kappa shape index (κ2) is 5.98. The summed E-state index contributed by atoms with van der Waals surface area (Å²) >= 11 is 0. The summed E-state index contributed by atoms with van der Waals surface area (Å²) in [5, 5.41) is 12.7. The monoisotopic (exact) mass is 303 g/mol. The van der Waals surface area contributed by atoms with Crippen LogP contribution in [-0.4, -0.2) is 10.9 Å². The van der Waals surface area contributed by atoms with Crippen molar-refractivity contribution in [2.24, 2.45) is 0 Å². The summed E-state index contributed by atoms with van der Waals surface area (Å²) < 4.78 is 0. The summed E-state index contributed by atoms with van der Waals surface area (Å²) in [6, 6.07) is 15.2. The third-order valence-corrected chi connectivity index (χ3v) is 4.08. The predicted molar refractivity (Wildman–Crippen MR) is 91.5 cm³/mol. The third-order valence-electron chi connectivity index (χ3n) is 4.08. The van der Waals surface area contributed by atoms with Crippen molar-refractivity contribution in [3.63, 3.8) is 0 Å². The topological polar surface area (TPSA) is 68.7 Å². The molecule has 1 heterocycles. The molecule has 4 heteroatoms. The molecule has 3 rings (SSSR count). The van der Waals surface area contributed by atoms with Crippen LogP contribution in [0, 0.1) is 25.2 Å². The summed E-state index contributed by atoms with van der Waals surface area (Å²) in [7, 11) is 0. The minimum Gasteiger partial charge on any atom is -0.358 e. The first-order valence-corrected chi connectivity index (χ1v) is 7.45. The van der Waals surface area contributed by atoms with Gasteiger partial charge in [-0.15, -0.1) is 0 Å². The number of aryl methyl sites for hydroxylation is 2. The standard InChI is InChI=1S/C19H17N3O/c1-12-13(2)21-18-16(12)4-3-5-17(18)19(23)22-15-8-6-14(7-9-15)10-11-20/h3-9,21H,10H2,1-2H3,(H,22,23). The van der Waals surface area contributed by atoms with E-state index in [1.165, 1.54) is 0 Å². The zero-order valence-electron chi connectivity index (χ0n) is 13.1. The first-order chi connectivity index (χ1) is 11.1. The van der Waals surface area contributed by atoms with Crippen LogP contribution in [0.3, 0.4) is 0 Å². The van der Waals surface area contributed by atoms with Crippen LogP contribution >= 0.6 is 0 Å². The number of para-hydroxylation sites is 1. The number of H-pyrrole nitrogens is 1. The lowest BCUT2D eigenvalue weighted by molar-refractivity contribution is 0.102. The molecular formula is C19H17N3O. The third kappa shape index (κ3) is 2.82. The molecule has 23 heavy (non-hydrogen) atoms. The molecule has 2 N–H and O–H groups in total. The molecule has 2 aromatic carbocycles. The van der Waals surface area contributed by atoms with Crippen LogP contribution in [0.1, 0.15) is 27.2 Å². The fourth-order valence-corrected chi connectivity index (χ4v) is 2.67. The van der Waals surface area contributed by atoms with Gasteiger partial charge in [0, 0.05) is 16.8 Å². The maximum Gasteiger partial charge on any atom is 0.257 e. The highest BCUT2D eigenvalue weighted by atomic mass is 16.1. The Bertz CT molecular complexity index is 914. The number of benzene rings is 2. The van der Waals surface area contributed by atoms with Crippen molar-refractivity contribution in [2.75, 3.05) is 5.32 Å². The number of carbonyl (C=O) groups is 1. The minimum absolute atomic E-state index is 0.148. The van der Waals surface area contributed by atoms with Crippen LogP contribution in [0.15, 0.2) is 42.5 Å². The fourth-order valence-electron chi connectivity index (χ4n) is 2.67. The first kappa shape index (κ1) is 14.9. The normalized spacial score (nSPS) is 10.5. The number of aromatic nitrogens is 1. The molecule has 0 fully saturated rings. The van der Waals surface area contributed by atoms with Crippen molar-refractivity contribution < 1.29 is 4.79 Å². The van der Waals surface area contributed by atoms with Crippen LogP contribution in [0.4, 0.5) is 5.69 Å². The van der Waals surface area contributed by atoms with E-state index in [0.717, 1.165) is 27.7 Å². The number of rotatable bonds is 3. The smallest absolute Gasteiger partial charge is 0.257 e. The average Bonchev–Trinajstić information content (AvgIpc) is 2.84. The van der Waals surface area contributed by atoms with Crippen molar-refractivity contribution in [3.05, 3.63) is 64.8 Å². The molecule has 0 unspecified atom stereocenters. The van der Waals surface area contributed by atoms with Gasteiger partial charge in [-0.25, -0.2) is 0 Å². The highest BCUT2D eigenvalue weighted by Gasteiger charge is 2.14. The van der Waals surface area contributed by atoms with Gasteiger partial charge in [-0.2, -0.15) is 5.26 Å². The number of amides is 1. The van der Waals surface area contributed by atoms with Gasteiger partial charge in [0.2, 0.25) is 0 Å². The summed E-state index contributed by atoms with van der Waals surface area (Å²) in [4.78, 5) is 15.9. The molecule has 0 saturated carbocycles. The van der Waals surface area contributed by atoms with Gasteiger partial charge < -0.3 is 10.3 Å². The number of nitrogens with one attached hydrogen (secondary N) is 2. The fraction of sp³-hybridized carbons (Fsp3) is 0.158. The predicted octanol–water partition coefficient (Wildman–Crippen LogP) is 4.10. The molecule has 0 bridgehead atoms. The van der Waals surface area contributed by atoms with Crippen LogP contribution in [0.5, 0.6) is 0 Å². The van der Waals surface area contributed by atoms with Crippen LogP contribution in [0.25, 0.3) is 10.9 Å². The van der Waals surface area contributed by atoms with Crippen LogP contribution in [-0.2, 0) is 6.42 Å². The van der Waals surface area contributed by atoms with E-state index in [2.05, 4.69) is 16.4 Å². The van der Waals surface area contributed by atoms with Crippen molar-refractivity contribution in [2.45, 2.75) is 20.3 Å². The molecule has 4 nitrogen and oxygen atoms in total. The number of hydrogen-bond acceptors (Lipinski definition) is 2. The van der Waals surface area contributed by atoms with E-state index < -0.39 is 0 Å². The van der Waals surface area contributed by atoms with Crippen LogP contribution in [0.2, 0.25) is 0 Å². The second-order valence-corrected chi connectivity index (χ2v) is 5.59. The number of hydrogen-bond donors (Lipinski definition) is 2. The molecule has 0 atom stereocenters. The van der Waals surface area contributed by atoms with Gasteiger partial charge in [-0.05, 0) is 43.2 Å². The number of nitriles is 1. The van der Waals surface area contributed by atoms with E-state index in [4.69, 9.17) is 5.26 Å². The molecule has 0 radical (unpaired) electrons. The highest BCUT2D eigenvalue weighted by molar-refractivity contribution is 6.12. The molecule has 1 aromatic heterocycles. The van der Waals surface area contributed by atoms with Crippen molar-refractivity contribution in [1.29, 1.82) is 5.26 Å². The zero-order chi connectivity index (χ0) is 16.4. The molecule has 0 aliphatic heterocycles. The van der Waals surface area contributed by atoms with Crippen molar-refractivity contribution in [3.8, 4) is 6.07 Å². The minimum atomic E-state index is -0.148. The van der Waals surface area contributed by atoms with E-state index in [9.17, 15) is 4.79 Å². The van der Waals surface area contributed by atoms with E-state index in [1.807, 2.05) is 56.3 Å². The lowest BCUT2D eigenvalue weighted by Crippen LogP contribution is -2.12. The molecule has 3 aromatic rings. The molecular weight excluding hydrogens is 286 g/mol. The van der Waals surface area contributed by atoms with Gasteiger partial charge in [0.05, 0.1) is 23.6 Å². The quantitative estimate of drug-likeness (QED) is 0.764. The Kier molecular flexibility index (Phi) is 3.86. The van der Waals surface area contributed by atoms with Crippen molar-refractivity contribution >= 4 is 22.5 Å². The van der Waals surface area contributed by atoms with E-state index in [1.54, 1.807) is 0 Å². The lowest BCUT2D eigenvalue weighted by atomic mass is 10.1. The molecule has 114 valence electrons. The molecule has 0 saturated heterocycles. The van der Waals surface area contributed by atoms with Gasteiger partial charge in [-0.1, -0.05) is 24.3 Å². The number of fused-ring (bicyclic) bond motifs is 1. The Hall–Kier alpha value is -3.06. The SMILES string of the molecule is Cc1[nH]c2c(C(=O)Nc3ccc(CC#N)cc3)cccc2c1C. The maximum atomic E-state index is 12.6. The number of anilines is 1. The molecule has 0 aliphatic rings. The zero-order valence-corrected chi connectivity index (χ0v) is 13.1. The summed E-state index contributed by atoms with van der Waals surface area (Å²) in [5.41, 5.74) is 5.37. The summed E-state index contributed by atoms with van der Waals surface area (Å²) in [5.74, 6) is -0.148. The molecule has 0 spiro atoms. The number of aromatic amines is 1. The first-order valence-electron chi connectivity index (χ1n) is 7.45. The van der Waals surface area contributed by atoms with Gasteiger partial charge in [0.1, 0.15) is 0 Å². The summed E-state index contributed by atoms with van der Waals surface area (Å²) in [6.07, 6.45) is 0.370. The van der Waals surface area contributed by atoms with Crippen molar-refractivity contribution in [1.82, 2.24) is 4.98 Å². The second-order valence-electron chi connectivity index (χ2n) is 5.59. The van der Waals surface area contributed by atoms with Gasteiger partial charge in [-0.3, -0.25) is 4.79 Å². The van der Waals surface area contributed by atoms with E-state index in [0.29, 0.717) is 17.7 Å². The van der Waals surface area contributed by atoms with Gasteiger partial charge in [0.25, 0.3) is 5.91 Å². The maximum absolute atomic E-state index is 12.6. The van der Waals surface area contributed by atoms with Crippen LogP contribution < -0.4 is 5.32 Å². The molecule has 1 amide bonds. The Morgan fingerprint density at radius 2 is 1.91 bits per heavy atom. The largest absolute Gasteiger partial charge is 0.358 e. The number of carbonyl (C=O) groups excluding carboxylic acids is 1. The Balaban J connectivity index is 1.89. The average molecular weight is 303 g/mol. The van der Waals surface area contributed by atoms with Gasteiger partial charge in [0.15, 0.2) is 0 Å². The Morgan fingerprint density at radius 1 is 1.17 bits per heavy atom. The highest BCUT2D eigenvalue weighted by Crippen LogP contribution is 2.25. The Morgan fingerprint density at radius 3 is 2.61 bits per heavy atom. The number of nitrogens with zero attached hydrogens (tertiary/aromatic N) is 1. The Labute approximate surface area is 134 Å².